The fraction of sp³-hybridized carbons (Fsp3) is 0.182. The molecule has 126 valence electrons. The molecule has 0 aliphatic rings. The second kappa shape index (κ2) is 7.48. The topological polar surface area (TPSA) is 25.2 Å². The van der Waals surface area contributed by atoms with E-state index in [1.165, 1.54) is 14.5 Å². The summed E-state index contributed by atoms with van der Waals surface area (Å²) in [4.78, 5) is 8.94. The predicted octanol–water partition coefficient (Wildman–Crippen LogP) is 5.90. The first-order chi connectivity index (χ1) is 12.0. The lowest BCUT2D eigenvalue weighted by atomic mass is 9.79. The van der Waals surface area contributed by atoms with Gasteiger partial charge in [0.2, 0.25) is 0 Å². The van der Waals surface area contributed by atoms with Crippen molar-refractivity contribution >= 4 is 45.2 Å². The molecule has 1 heterocycles. The minimum absolute atomic E-state index is 0.166. The summed E-state index contributed by atoms with van der Waals surface area (Å²) >= 11 is 2.40. The minimum Gasteiger partial charge on any atom is -0.292 e. The molecule has 0 fully saturated rings. The van der Waals surface area contributed by atoms with Crippen molar-refractivity contribution in [2.75, 3.05) is 7.05 Å². The molecule has 25 heavy (non-hydrogen) atoms. The Bertz CT molecular complexity index is 950. The molecule has 0 radical (unpaired) electrons. The molecular formula is C22H21IN2. The van der Waals surface area contributed by atoms with E-state index in [9.17, 15) is 0 Å². The van der Waals surface area contributed by atoms with Gasteiger partial charge in [0, 0.05) is 45.1 Å². The highest BCUT2D eigenvalue weighted by Gasteiger charge is 2.27. The van der Waals surface area contributed by atoms with Crippen LogP contribution in [0.15, 0.2) is 72.0 Å². The third kappa shape index (κ3) is 3.66. The average Bonchev–Trinajstić information content (AvgIpc) is 2.62. The van der Waals surface area contributed by atoms with Gasteiger partial charge < -0.3 is 0 Å². The summed E-state index contributed by atoms with van der Waals surface area (Å²) in [6, 6.07) is 16.8. The SMILES string of the molecule is CN=C(/C=C/c1cncc2ccccc12)C(C)(C)c1ccccc1I. The Morgan fingerprint density at radius 3 is 2.52 bits per heavy atom. The summed E-state index contributed by atoms with van der Waals surface area (Å²) in [7, 11) is 1.86. The van der Waals surface area contributed by atoms with Crippen LogP contribution in [0.2, 0.25) is 0 Å². The van der Waals surface area contributed by atoms with Gasteiger partial charge in [-0.3, -0.25) is 9.98 Å². The molecule has 1 aromatic heterocycles. The zero-order valence-corrected chi connectivity index (χ0v) is 16.9. The number of halogens is 1. The maximum atomic E-state index is 4.58. The lowest BCUT2D eigenvalue weighted by molar-refractivity contribution is 0.715. The Hall–Kier alpha value is -2.01. The number of hydrogen-bond acceptors (Lipinski definition) is 2. The first-order valence-corrected chi connectivity index (χ1v) is 9.35. The van der Waals surface area contributed by atoms with Crippen LogP contribution in [0.25, 0.3) is 16.8 Å². The molecular weight excluding hydrogens is 419 g/mol. The van der Waals surface area contributed by atoms with Crippen molar-refractivity contribution in [3.8, 4) is 0 Å². The van der Waals surface area contributed by atoms with Gasteiger partial charge in [0.1, 0.15) is 0 Å². The van der Waals surface area contributed by atoms with Crippen molar-refractivity contribution in [3.05, 3.63) is 81.7 Å². The number of allylic oxidation sites excluding steroid dienone is 1. The Kier molecular flexibility index (Phi) is 5.33. The van der Waals surface area contributed by atoms with Crippen LogP contribution in [0, 0.1) is 3.57 Å². The van der Waals surface area contributed by atoms with Gasteiger partial charge in [0.15, 0.2) is 0 Å². The molecule has 3 aromatic rings. The molecule has 0 bridgehead atoms. The predicted molar refractivity (Wildman–Crippen MR) is 116 cm³/mol. The second-order valence-electron chi connectivity index (χ2n) is 6.50. The van der Waals surface area contributed by atoms with Gasteiger partial charge in [-0.05, 0) is 45.7 Å². The molecule has 2 nitrogen and oxygen atoms in total. The summed E-state index contributed by atoms with van der Waals surface area (Å²) in [6.45, 7) is 4.44. The van der Waals surface area contributed by atoms with Crippen molar-refractivity contribution in [1.29, 1.82) is 0 Å². The van der Waals surface area contributed by atoms with Crippen molar-refractivity contribution < 1.29 is 0 Å². The Morgan fingerprint density at radius 2 is 1.76 bits per heavy atom. The van der Waals surface area contributed by atoms with Crippen LogP contribution in [0.4, 0.5) is 0 Å². The lowest BCUT2D eigenvalue weighted by Gasteiger charge is -2.27. The van der Waals surface area contributed by atoms with Gasteiger partial charge in [0.05, 0.1) is 0 Å². The zero-order chi connectivity index (χ0) is 17.9. The number of pyridine rings is 1. The molecule has 0 amide bonds. The number of aromatic nitrogens is 1. The quantitative estimate of drug-likeness (QED) is 0.366. The van der Waals surface area contributed by atoms with E-state index < -0.39 is 0 Å². The number of hydrogen-bond donors (Lipinski definition) is 0. The Morgan fingerprint density at radius 1 is 1.04 bits per heavy atom. The molecule has 0 N–H and O–H groups in total. The fourth-order valence-corrected chi connectivity index (χ4v) is 4.17. The van der Waals surface area contributed by atoms with Crippen LogP contribution >= 0.6 is 22.6 Å². The van der Waals surface area contributed by atoms with E-state index in [0.717, 1.165) is 16.7 Å². The molecule has 0 saturated heterocycles. The van der Waals surface area contributed by atoms with E-state index >= 15 is 0 Å². The molecule has 3 heteroatoms. The highest BCUT2D eigenvalue weighted by Crippen LogP contribution is 2.30. The standard InChI is InChI=1S/C22H21IN2/c1-22(2,19-10-6-7-11-20(19)23)21(24-3)13-12-17-15-25-14-16-8-4-5-9-18(16)17/h4-15H,1-3H3/b13-12+,24-21?. The monoisotopic (exact) mass is 440 g/mol. The third-order valence-corrected chi connectivity index (χ3v) is 5.49. The number of benzene rings is 2. The van der Waals surface area contributed by atoms with E-state index in [0.29, 0.717) is 0 Å². The molecule has 0 spiro atoms. The van der Waals surface area contributed by atoms with Crippen LogP contribution in [-0.2, 0) is 5.41 Å². The summed E-state index contributed by atoms with van der Waals surface area (Å²) in [5.41, 5.74) is 3.28. The van der Waals surface area contributed by atoms with Crippen LogP contribution in [0.5, 0.6) is 0 Å². The normalized spacial score (nSPS) is 12.9. The summed E-state index contributed by atoms with van der Waals surface area (Å²) in [6.07, 6.45) is 8.05. The average molecular weight is 440 g/mol. The van der Waals surface area contributed by atoms with E-state index in [2.05, 4.69) is 101 Å². The van der Waals surface area contributed by atoms with E-state index in [4.69, 9.17) is 0 Å². The van der Waals surface area contributed by atoms with Gasteiger partial charge in [0.25, 0.3) is 0 Å². The van der Waals surface area contributed by atoms with Crippen LogP contribution in [0.1, 0.15) is 25.0 Å². The molecule has 0 saturated carbocycles. The number of nitrogens with zero attached hydrogens (tertiary/aromatic N) is 2. The molecule has 3 rings (SSSR count). The van der Waals surface area contributed by atoms with Crippen molar-refractivity contribution in [1.82, 2.24) is 4.98 Å². The van der Waals surface area contributed by atoms with Crippen LogP contribution < -0.4 is 0 Å². The first-order valence-electron chi connectivity index (χ1n) is 8.27. The van der Waals surface area contributed by atoms with Gasteiger partial charge in [-0.2, -0.15) is 0 Å². The lowest BCUT2D eigenvalue weighted by Crippen LogP contribution is -2.28. The first kappa shape index (κ1) is 17.8. The highest BCUT2D eigenvalue weighted by molar-refractivity contribution is 14.1. The number of fused-ring (bicyclic) bond motifs is 1. The summed E-state index contributed by atoms with van der Waals surface area (Å²) < 4.78 is 1.26. The zero-order valence-electron chi connectivity index (χ0n) is 14.7. The van der Waals surface area contributed by atoms with E-state index in [-0.39, 0.29) is 5.41 Å². The van der Waals surface area contributed by atoms with Gasteiger partial charge in [-0.25, -0.2) is 0 Å². The van der Waals surface area contributed by atoms with Crippen molar-refractivity contribution in [2.45, 2.75) is 19.3 Å². The smallest absolute Gasteiger partial charge is 0.0445 e. The molecule has 0 aliphatic heterocycles. The molecule has 0 aliphatic carbocycles. The van der Waals surface area contributed by atoms with Crippen molar-refractivity contribution in [3.63, 3.8) is 0 Å². The third-order valence-electron chi connectivity index (χ3n) is 4.55. The van der Waals surface area contributed by atoms with Gasteiger partial charge in [-0.15, -0.1) is 0 Å². The number of rotatable bonds is 4. The van der Waals surface area contributed by atoms with Crippen molar-refractivity contribution in [2.24, 2.45) is 4.99 Å². The van der Waals surface area contributed by atoms with Crippen LogP contribution in [-0.4, -0.2) is 17.7 Å². The Labute approximate surface area is 162 Å². The van der Waals surface area contributed by atoms with E-state index in [1.54, 1.807) is 0 Å². The molecule has 2 aromatic carbocycles. The minimum atomic E-state index is -0.166. The maximum absolute atomic E-state index is 4.58. The van der Waals surface area contributed by atoms with E-state index in [1.807, 2.05) is 25.5 Å². The maximum Gasteiger partial charge on any atom is 0.0445 e. The van der Waals surface area contributed by atoms with Gasteiger partial charge >= 0.3 is 0 Å². The van der Waals surface area contributed by atoms with Crippen LogP contribution in [0.3, 0.4) is 0 Å². The molecule has 0 unspecified atom stereocenters. The largest absolute Gasteiger partial charge is 0.292 e. The second-order valence-corrected chi connectivity index (χ2v) is 7.66. The summed E-state index contributed by atoms with van der Waals surface area (Å²) in [5, 5.41) is 2.35. The highest BCUT2D eigenvalue weighted by atomic mass is 127. The van der Waals surface area contributed by atoms with Gasteiger partial charge in [-0.1, -0.05) is 62.4 Å². The Balaban J connectivity index is 2.00. The molecule has 0 atom stereocenters. The summed E-state index contributed by atoms with van der Waals surface area (Å²) in [5.74, 6) is 0. The number of aliphatic imine (C=N–C) groups is 1. The fourth-order valence-electron chi connectivity index (χ4n) is 3.11.